The minimum atomic E-state index is 0. The maximum absolute atomic E-state index is 2.45. The summed E-state index contributed by atoms with van der Waals surface area (Å²) < 4.78 is 0. The van der Waals surface area contributed by atoms with Crippen LogP contribution in [-0.2, 0) is 0 Å². The third-order valence-electron chi connectivity index (χ3n) is 3.17. The fourth-order valence-corrected chi connectivity index (χ4v) is 2.11. The molecule has 0 saturated heterocycles. The first-order valence-electron chi connectivity index (χ1n) is 5.86. The van der Waals surface area contributed by atoms with Gasteiger partial charge in [0.25, 0.3) is 0 Å². The summed E-state index contributed by atoms with van der Waals surface area (Å²) in [6.45, 7) is 13.8. The Morgan fingerprint density at radius 1 is 0.867 bits per heavy atom. The SMILES string of the molecule is CC(C)C1=CC(C(C)C)=C(C(C)C)C1.[KH]. The molecule has 0 bridgehead atoms. The average molecular weight is 232 g/mol. The van der Waals surface area contributed by atoms with Crippen LogP contribution in [0.2, 0.25) is 0 Å². The Morgan fingerprint density at radius 2 is 1.40 bits per heavy atom. The molecule has 0 aliphatic heterocycles. The Kier molecular flexibility index (Phi) is 7.26. The molecule has 0 saturated carbocycles. The molecule has 0 amide bonds. The molecule has 82 valence electrons. The summed E-state index contributed by atoms with van der Waals surface area (Å²) in [6, 6.07) is 0. The zero-order valence-corrected chi connectivity index (χ0v) is 10.5. The second-order valence-electron chi connectivity index (χ2n) is 5.34. The second kappa shape index (κ2) is 6.76. The molecule has 0 radical (unpaired) electrons. The zero-order valence-electron chi connectivity index (χ0n) is 10.5. The van der Waals surface area contributed by atoms with E-state index in [9.17, 15) is 0 Å². The van der Waals surface area contributed by atoms with Gasteiger partial charge in [-0.25, -0.2) is 0 Å². The Morgan fingerprint density at radius 3 is 1.67 bits per heavy atom. The van der Waals surface area contributed by atoms with Crippen LogP contribution in [-0.4, -0.2) is 51.4 Å². The molecule has 1 heteroatoms. The molecule has 15 heavy (non-hydrogen) atoms. The topological polar surface area (TPSA) is 0 Å². The van der Waals surface area contributed by atoms with Crippen molar-refractivity contribution in [1.29, 1.82) is 0 Å². The molecule has 0 aromatic heterocycles. The van der Waals surface area contributed by atoms with Crippen LogP contribution in [0.15, 0.2) is 22.8 Å². The molecule has 1 rings (SSSR count). The van der Waals surface area contributed by atoms with Gasteiger partial charge in [0.1, 0.15) is 0 Å². The first-order valence-corrected chi connectivity index (χ1v) is 5.86. The normalized spacial score (nSPS) is 16.5. The summed E-state index contributed by atoms with van der Waals surface area (Å²) in [4.78, 5) is 0. The van der Waals surface area contributed by atoms with Gasteiger partial charge in [0.2, 0.25) is 0 Å². The minimum absolute atomic E-state index is 0. The molecule has 0 aromatic carbocycles. The quantitative estimate of drug-likeness (QED) is 0.647. The van der Waals surface area contributed by atoms with Gasteiger partial charge in [0.05, 0.1) is 0 Å². The third kappa shape index (κ3) is 4.12. The van der Waals surface area contributed by atoms with Crippen molar-refractivity contribution in [2.75, 3.05) is 0 Å². The van der Waals surface area contributed by atoms with Gasteiger partial charge in [-0.1, -0.05) is 58.8 Å². The molecule has 0 N–H and O–H groups in total. The fraction of sp³-hybridized carbons (Fsp3) is 0.714. The van der Waals surface area contributed by atoms with Crippen molar-refractivity contribution in [3.8, 4) is 0 Å². The molecule has 0 aromatic rings. The van der Waals surface area contributed by atoms with Gasteiger partial charge >= 0.3 is 51.4 Å². The Labute approximate surface area is 138 Å². The molecule has 0 nitrogen and oxygen atoms in total. The van der Waals surface area contributed by atoms with E-state index in [0.29, 0.717) is 17.8 Å². The van der Waals surface area contributed by atoms with E-state index in [0.717, 1.165) is 0 Å². The Hall–Kier alpha value is 1.12. The molecule has 0 heterocycles. The van der Waals surface area contributed by atoms with E-state index in [4.69, 9.17) is 0 Å². The summed E-state index contributed by atoms with van der Waals surface area (Å²) in [5, 5.41) is 0. The number of allylic oxidation sites excluding steroid dienone is 4. The molecule has 0 unspecified atom stereocenters. The van der Waals surface area contributed by atoms with Gasteiger partial charge in [-0.2, -0.15) is 0 Å². The molecule has 0 fully saturated rings. The zero-order chi connectivity index (χ0) is 10.9. The first kappa shape index (κ1) is 16.1. The standard InChI is InChI=1S/C14H24.K.H/c1-9(2)12-7-13(10(3)4)14(8-12)11(5)6;;/h7,9-11H,8H2,1-6H3;;. The number of hydrogen-bond donors (Lipinski definition) is 0. The number of hydrogen-bond acceptors (Lipinski definition) is 0. The summed E-state index contributed by atoms with van der Waals surface area (Å²) in [7, 11) is 0. The van der Waals surface area contributed by atoms with E-state index in [1.807, 2.05) is 0 Å². The maximum atomic E-state index is 2.45. The van der Waals surface area contributed by atoms with Crippen molar-refractivity contribution in [3.05, 3.63) is 22.8 Å². The van der Waals surface area contributed by atoms with Crippen molar-refractivity contribution in [2.24, 2.45) is 17.8 Å². The van der Waals surface area contributed by atoms with Crippen molar-refractivity contribution in [1.82, 2.24) is 0 Å². The van der Waals surface area contributed by atoms with Crippen molar-refractivity contribution in [2.45, 2.75) is 48.0 Å². The van der Waals surface area contributed by atoms with Crippen LogP contribution in [0.1, 0.15) is 48.0 Å². The molecular weight excluding hydrogens is 207 g/mol. The third-order valence-corrected chi connectivity index (χ3v) is 3.17. The molecule has 1 aliphatic rings. The van der Waals surface area contributed by atoms with Crippen LogP contribution >= 0.6 is 0 Å². The molecule has 0 spiro atoms. The van der Waals surface area contributed by atoms with Crippen LogP contribution in [0, 0.1) is 17.8 Å². The second-order valence-corrected chi connectivity index (χ2v) is 5.34. The predicted molar refractivity (Wildman–Crippen MR) is 71.4 cm³/mol. The fourth-order valence-electron chi connectivity index (χ4n) is 2.11. The van der Waals surface area contributed by atoms with E-state index < -0.39 is 0 Å². The van der Waals surface area contributed by atoms with Crippen molar-refractivity contribution in [3.63, 3.8) is 0 Å². The van der Waals surface area contributed by atoms with E-state index in [1.165, 1.54) is 6.42 Å². The van der Waals surface area contributed by atoms with E-state index in [-0.39, 0.29) is 51.4 Å². The Bertz CT molecular complexity index is 267. The van der Waals surface area contributed by atoms with Gasteiger partial charge in [-0.15, -0.1) is 0 Å². The molecular formula is C14H25K. The molecule has 0 atom stereocenters. The van der Waals surface area contributed by atoms with Crippen LogP contribution in [0.3, 0.4) is 0 Å². The van der Waals surface area contributed by atoms with E-state index in [1.54, 1.807) is 16.7 Å². The van der Waals surface area contributed by atoms with Crippen molar-refractivity contribution < 1.29 is 0 Å². The first-order chi connectivity index (χ1) is 6.43. The van der Waals surface area contributed by atoms with Crippen molar-refractivity contribution >= 4 is 51.4 Å². The van der Waals surface area contributed by atoms with Gasteiger partial charge in [0.15, 0.2) is 0 Å². The van der Waals surface area contributed by atoms with Gasteiger partial charge in [0, 0.05) is 0 Å². The summed E-state index contributed by atoms with van der Waals surface area (Å²) in [6.07, 6.45) is 3.67. The van der Waals surface area contributed by atoms with E-state index in [2.05, 4.69) is 47.6 Å². The summed E-state index contributed by atoms with van der Waals surface area (Å²) >= 11 is 0. The average Bonchev–Trinajstić information content (AvgIpc) is 2.47. The van der Waals surface area contributed by atoms with Crippen LogP contribution < -0.4 is 0 Å². The van der Waals surface area contributed by atoms with Crippen LogP contribution in [0.25, 0.3) is 0 Å². The van der Waals surface area contributed by atoms with Gasteiger partial charge < -0.3 is 0 Å². The summed E-state index contributed by atoms with van der Waals surface area (Å²) in [5.74, 6) is 2.10. The molecule has 1 aliphatic carbocycles. The monoisotopic (exact) mass is 232 g/mol. The summed E-state index contributed by atoms with van der Waals surface area (Å²) in [5.41, 5.74) is 4.89. The predicted octanol–water partition coefficient (Wildman–Crippen LogP) is 3.93. The van der Waals surface area contributed by atoms with Gasteiger partial charge in [-0.05, 0) is 29.7 Å². The number of rotatable bonds is 3. The Balaban J connectivity index is 0.00000196. The van der Waals surface area contributed by atoms with Gasteiger partial charge in [-0.3, -0.25) is 0 Å². The van der Waals surface area contributed by atoms with Crippen LogP contribution in [0.4, 0.5) is 0 Å². The van der Waals surface area contributed by atoms with E-state index >= 15 is 0 Å². The van der Waals surface area contributed by atoms with Crippen LogP contribution in [0.5, 0.6) is 0 Å².